The molecule has 0 bridgehead atoms. The first kappa shape index (κ1) is 22.4. The van der Waals surface area contributed by atoms with Gasteiger partial charge in [-0.25, -0.2) is 9.97 Å². The van der Waals surface area contributed by atoms with Crippen molar-refractivity contribution in [2.75, 3.05) is 12.4 Å². The summed E-state index contributed by atoms with van der Waals surface area (Å²) in [5, 5.41) is 9.31. The van der Waals surface area contributed by atoms with Crippen molar-refractivity contribution in [2.24, 2.45) is 0 Å². The van der Waals surface area contributed by atoms with Crippen molar-refractivity contribution >= 4 is 29.6 Å². The van der Waals surface area contributed by atoms with E-state index in [1.54, 1.807) is 7.11 Å². The zero-order chi connectivity index (χ0) is 23.8. The minimum atomic E-state index is -0.304. The molecule has 9 heteroatoms. The summed E-state index contributed by atoms with van der Waals surface area (Å²) in [5.74, 6) is 2.86. The summed E-state index contributed by atoms with van der Waals surface area (Å²) in [5.41, 5.74) is 0.782. The molecular formula is C24H34BN5O3. The van der Waals surface area contributed by atoms with E-state index < -0.39 is 0 Å². The fraction of sp³-hybridized carbons (Fsp3) is 0.625. The Balaban J connectivity index is 1.47. The van der Waals surface area contributed by atoms with E-state index in [2.05, 4.69) is 53.8 Å². The van der Waals surface area contributed by atoms with E-state index in [4.69, 9.17) is 29.1 Å². The van der Waals surface area contributed by atoms with Gasteiger partial charge in [0.25, 0.3) is 0 Å². The molecule has 3 aromatic rings. The summed E-state index contributed by atoms with van der Waals surface area (Å²) in [7, 11) is 1.49. The van der Waals surface area contributed by atoms with Crippen molar-refractivity contribution in [3.05, 3.63) is 24.0 Å². The maximum atomic E-state index is 6.27. The van der Waals surface area contributed by atoms with E-state index in [0.717, 1.165) is 41.0 Å². The van der Waals surface area contributed by atoms with Crippen LogP contribution in [0.2, 0.25) is 5.82 Å². The lowest BCUT2D eigenvalue weighted by molar-refractivity contribution is 0.00578. The lowest BCUT2D eigenvalue weighted by Gasteiger charge is -2.34. The van der Waals surface area contributed by atoms with Crippen molar-refractivity contribution in [2.45, 2.75) is 89.8 Å². The number of nitrogens with one attached hydrogen (secondary N) is 1. The maximum absolute atomic E-state index is 6.27. The van der Waals surface area contributed by atoms with Gasteiger partial charge in [0.1, 0.15) is 11.3 Å². The lowest BCUT2D eigenvalue weighted by atomic mass is 9.56. The molecule has 2 fully saturated rings. The largest absolute Gasteiger partial charge is 0.494 e. The van der Waals surface area contributed by atoms with Gasteiger partial charge in [-0.15, -0.1) is 5.10 Å². The second-order valence-electron chi connectivity index (χ2n) is 11.4. The van der Waals surface area contributed by atoms with E-state index in [0.29, 0.717) is 11.8 Å². The van der Waals surface area contributed by atoms with E-state index in [9.17, 15) is 0 Å². The third-order valence-corrected chi connectivity index (χ3v) is 7.18. The Morgan fingerprint density at radius 3 is 2.36 bits per heavy atom. The standard InChI is InChI=1S/C24H34BN5O3/c1-22(2,3)28-21-26-18-16(10-9-11-17(18)31-8)20-27-19(29-30(20)21)14-12-15(13-14)25-32-23(4,5)24(6,7)33-25/h9-11,14-15H,12-13H2,1-8H3,(H,26,28). The second kappa shape index (κ2) is 7.31. The average Bonchev–Trinajstić information content (AvgIpc) is 3.18. The molecule has 176 valence electrons. The van der Waals surface area contributed by atoms with Gasteiger partial charge in [-0.1, -0.05) is 6.07 Å². The topological polar surface area (TPSA) is 82.8 Å². The van der Waals surface area contributed by atoms with Crippen LogP contribution in [0.5, 0.6) is 5.75 Å². The van der Waals surface area contributed by atoms with Crippen LogP contribution in [-0.2, 0) is 9.31 Å². The summed E-state index contributed by atoms with van der Waals surface area (Å²) in [6, 6.07) is 5.91. The molecule has 1 aromatic carbocycles. The number of anilines is 1. The summed E-state index contributed by atoms with van der Waals surface area (Å²) in [6.45, 7) is 14.7. The van der Waals surface area contributed by atoms with Crippen molar-refractivity contribution in [3.8, 4) is 5.75 Å². The smallest absolute Gasteiger partial charge is 0.461 e. The Kier molecular flexibility index (Phi) is 4.96. The number of benzene rings is 1. The van der Waals surface area contributed by atoms with Gasteiger partial charge in [-0.2, -0.15) is 4.52 Å². The van der Waals surface area contributed by atoms with Crippen LogP contribution < -0.4 is 10.1 Å². The van der Waals surface area contributed by atoms with Gasteiger partial charge in [-0.3, -0.25) is 0 Å². The molecule has 1 saturated carbocycles. The number of fused-ring (bicyclic) bond motifs is 3. The predicted molar refractivity (Wildman–Crippen MR) is 130 cm³/mol. The van der Waals surface area contributed by atoms with Gasteiger partial charge in [0.05, 0.1) is 18.3 Å². The highest BCUT2D eigenvalue weighted by atomic mass is 16.7. The van der Waals surface area contributed by atoms with E-state index >= 15 is 0 Å². The van der Waals surface area contributed by atoms with Gasteiger partial charge >= 0.3 is 7.12 Å². The molecule has 5 rings (SSSR count). The third kappa shape index (κ3) is 3.75. The summed E-state index contributed by atoms with van der Waals surface area (Å²) >= 11 is 0. The molecule has 8 nitrogen and oxygen atoms in total. The normalized spacial score (nSPS) is 24.3. The van der Waals surface area contributed by atoms with Crippen LogP contribution in [0.25, 0.3) is 16.6 Å². The molecular weight excluding hydrogens is 417 g/mol. The van der Waals surface area contributed by atoms with Crippen LogP contribution in [0.4, 0.5) is 5.95 Å². The van der Waals surface area contributed by atoms with Crippen LogP contribution in [0.15, 0.2) is 18.2 Å². The van der Waals surface area contributed by atoms with Crippen LogP contribution in [0.1, 0.15) is 73.1 Å². The van der Waals surface area contributed by atoms with Crippen molar-refractivity contribution < 1.29 is 14.0 Å². The van der Waals surface area contributed by atoms with Gasteiger partial charge < -0.3 is 19.4 Å². The van der Waals surface area contributed by atoms with Crippen LogP contribution in [-0.4, -0.2) is 50.6 Å². The zero-order valence-corrected chi connectivity index (χ0v) is 20.9. The number of methoxy groups -OCH3 is 1. The van der Waals surface area contributed by atoms with Crippen molar-refractivity contribution in [3.63, 3.8) is 0 Å². The van der Waals surface area contributed by atoms with E-state index in [1.807, 2.05) is 22.7 Å². The first-order valence-corrected chi connectivity index (χ1v) is 11.8. The average molecular weight is 451 g/mol. The third-order valence-electron chi connectivity index (χ3n) is 7.18. The highest BCUT2D eigenvalue weighted by molar-refractivity contribution is 6.47. The Labute approximate surface area is 195 Å². The summed E-state index contributed by atoms with van der Waals surface area (Å²) in [6.07, 6.45) is 1.90. The molecule has 0 amide bonds. The first-order valence-electron chi connectivity index (χ1n) is 11.8. The summed E-state index contributed by atoms with van der Waals surface area (Å²) < 4.78 is 19.9. The SMILES string of the molecule is COc1cccc2c1nc(NC(C)(C)C)n1nc(C3CC(B4OC(C)(C)C(C)(C)O4)C3)nc21. The molecule has 33 heavy (non-hydrogen) atoms. The highest BCUT2D eigenvalue weighted by Gasteiger charge is 2.56. The molecule has 1 saturated heterocycles. The van der Waals surface area contributed by atoms with Gasteiger partial charge in [0.15, 0.2) is 11.5 Å². The van der Waals surface area contributed by atoms with Gasteiger partial charge in [0, 0.05) is 16.8 Å². The predicted octanol–water partition coefficient (Wildman–Crippen LogP) is 4.84. The lowest BCUT2D eigenvalue weighted by Crippen LogP contribution is -2.41. The highest BCUT2D eigenvalue weighted by Crippen LogP contribution is 2.51. The molecule has 1 aliphatic carbocycles. The molecule has 1 aliphatic heterocycles. The minimum absolute atomic E-state index is 0.173. The molecule has 2 aliphatic rings. The molecule has 0 radical (unpaired) electrons. The fourth-order valence-corrected chi connectivity index (χ4v) is 4.55. The van der Waals surface area contributed by atoms with Crippen LogP contribution in [0, 0.1) is 0 Å². The Hall–Kier alpha value is -2.39. The van der Waals surface area contributed by atoms with E-state index in [1.165, 1.54) is 0 Å². The van der Waals surface area contributed by atoms with E-state index in [-0.39, 0.29) is 29.8 Å². The van der Waals surface area contributed by atoms with Gasteiger partial charge in [-0.05, 0) is 79.3 Å². The van der Waals surface area contributed by atoms with Crippen LogP contribution in [0.3, 0.4) is 0 Å². The number of ether oxygens (including phenoxy) is 1. The Morgan fingerprint density at radius 2 is 1.76 bits per heavy atom. The van der Waals surface area contributed by atoms with Crippen molar-refractivity contribution in [1.29, 1.82) is 0 Å². The molecule has 3 heterocycles. The number of nitrogens with zero attached hydrogens (tertiary/aromatic N) is 4. The number of rotatable bonds is 4. The quantitative estimate of drug-likeness (QED) is 0.569. The van der Waals surface area contributed by atoms with Gasteiger partial charge in [0.2, 0.25) is 5.95 Å². The number of hydrogen-bond donors (Lipinski definition) is 1. The molecule has 0 atom stereocenters. The fourth-order valence-electron chi connectivity index (χ4n) is 4.55. The molecule has 2 aromatic heterocycles. The van der Waals surface area contributed by atoms with Crippen LogP contribution >= 0.6 is 0 Å². The van der Waals surface area contributed by atoms with Crippen molar-refractivity contribution in [1.82, 2.24) is 19.6 Å². The summed E-state index contributed by atoms with van der Waals surface area (Å²) in [4.78, 5) is 9.85. The molecule has 0 unspecified atom stereocenters. The number of hydrogen-bond acceptors (Lipinski definition) is 7. The second-order valence-corrected chi connectivity index (χ2v) is 11.4. The Bertz CT molecular complexity index is 1190. The first-order chi connectivity index (χ1) is 15.4. The monoisotopic (exact) mass is 451 g/mol. The maximum Gasteiger partial charge on any atom is 0.461 e. The zero-order valence-electron chi connectivity index (χ0n) is 20.9. The minimum Gasteiger partial charge on any atom is -0.494 e. The molecule has 1 N–H and O–H groups in total. The number of aromatic nitrogens is 4. The molecule has 0 spiro atoms. The Morgan fingerprint density at radius 1 is 1.09 bits per heavy atom. The number of para-hydroxylation sites is 1.